The molecule has 0 radical (unpaired) electrons. The molecule has 2 aliphatic carbocycles. The molecule has 2 saturated carbocycles. The van der Waals surface area contributed by atoms with Gasteiger partial charge in [0.2, 0.25) is 0 Å². The highest BCUT2D eigenvalue weighted by molar-refractivity contribution is 4.78. The molecule has 2 aliphatic rings. The summed E-state index contributed by atoms with van der Waals surface area (Å²) in [6.07, 6.45) is 13.3. The van der Waals surface area contributed by atoms with Crippen LogP contribution < -0.4 is 5.32 Å². The predicted molar refractivity (Wildman–Crippen MR) is 66.0 cm³/mol. The van der Waals surface area contributed by atoms with Gasteiger partial charge in [0, 0.05) is 6.04 Å². The van der Waals surface area contributed by atoms with Crippen molar-refractivity contribution in [2.45, 2.75) is 70.8 Å². The molecule has 0 aromatic rings. The Balaban J connectivity index is 1.65. The van der Waals surface area contributed by atoms with Crippen LogP contribution in [-0.4, -0.2) is 12.6 Å². The first kappa shape index (κ1) is 11.4. The summed E-state index contributed by atoms with van der Waals surface area (Å²) >= 11 is 0. The van der Waals surface area contributed by atoms with Gasteiger partial charge in [-0.1, -0.05) is 32.1 Å². The fourth-order valence-electron chi connectivity index (χ4n) is 3.03. The number of rotatable bonds is 4. The first-order valence-electron chi connectivity index (χ1n) is 7.09. The average Bonchev–Trinajstić information content (AvgIpc) is 2.43. The Morgan fingerprint density at radius 1 is 0.933 bits per heavy atom. The van der Waals surface area contributed by atoms with Crippen molar-refractivity contribution in [3.05, 3.63) is 0 Å². The van der Waals surface area contributed by atoms with Crippen LogP contribution in [0.4, 0.5) is 0 Å². The lowest BCUT2D eigenvalue weighted by Crippen LogP contribution is -2.38. The Kier molecular flexibility index (Phi) is 4.49. The maximum atomic E-state index is 3.78. The minimum Gasteiger partial charge on any atom is -0.314 e. The quantitative estimate of drug-likeness (QED) is 0.696. The molecular formula is C14H27N. The van der Waals surface area contributed by atoms with Crippen LogP contribution in [0, 0.1) is 11.8 Å². The van der Waals surface area contributed by atoms with Gasteiger partial charge in [0.05, 0.1) is 0 Å². The monoisotopic (exact) mass is 209 g/mol. The minimum atomic E-state index is 0.767. The van der Waals surface area contributed by atoms with E-state index in [9.17, 15) is 0 Å². The summed E-state index contributed by atoms with van der Waals surface area (Å²) in [6, 6.07) is 0.767. The second-order valence-corrected chi connectivity index (χ2v) is 5.75. The summed E-state index contributed by atoms with van der Waals surface area (Å²) in [6.45, 7) is 3.70. The van der Waals surface area contributed by atoms with Gasteiger partial charge < -0.3 is 5.32 Å². The summed E-state index contributed by atoms with van der Waals surface area (Å²) < 4.78 is 0. The molecule has 0 heterocycles. The Morgan fingerprint density at radius 2 is 1.60 bits per heavy atom. The molecule has 0 amide bonds. The molecule has 0 saturated heterocycles. The smallest absolute Gasteiger partial charge is 0.00671 e. The highest BCUT2D eigenvalue weighted by atomic mass is 14.9. The van der Waals surface area contributed by atoms with Gasteiger partial charge in [-0.3, -0.25) is 0 Å². The summed E-state index contributed by atoms with van der Waals surface area (Å²) in [4.78, 5) is 0. The molecule has 1 heteroatoms. The Morgan fingerprint density at radius 3 is 2.13 bits per heavy atom. The van der Waals surface area contributed by atoms with Crippen LogP contribution >= 0.6 is 0 Å². The third-order valence-electron chi connectivity index (χ3n) is 4.56. The van der Waals surface area contributed by atoms with Crippen LogP contribution in [0.3, 0.4) is 0 Å². The minimum absolute atomic E-state index is 0.767. The topological polar surface area (TPSA) is 12.0 Å². The molecule has 1 N–H and O–H groups in total. The van der Waals surface area contributed by atoms with Gasteiger partial charge in [-0.2, -0.15) is 0 Å². The standard InChI is InChI=1S/C14H27N/c1-12(15-11-13-7-6-8-13)14-9-4-2-3-5-10-14/h12-15H,2-11H2,1H3/t12-/m0/s1. The van der Waals surface area contributed by atoms with Crippen molar-refractivity contribution in [1.29, 1.82) is 0 Å². The molecule has 2 fully saturated rings. The fourth-order valence-corrected chi connectivity index (χ4v) is 3.03. The molecule has 0 unspecified atom stereocenters. The van der Waals surface area contributed by atoms with Crippen LogP contribution in [0.1, 0.15) is 64.7 Å². The molecule has 0 aromatic carbocycles. The first-order chi connectivity index (χ1) is 7.36. The van der Waals surface area contributed by atoms with E-state index >= 15 is 0 Å². The van der Waals surface area contributed by atoms with Gasteiger partial charge in [0.25, 0.3) is 0 Å². The van der Waals surface area contributed by atoms with Crippen LogP contribution in [0.2, 0.25) is 0 Å². The number of hydrogen-bond acceptors (Lipinski definition) is 1. The van der Waals surface area contributed by atoms with Gasteiger partial charge >= 0.3 is 0 Å². The van der Waals surface area contributed by atoms with Crippen molar-refractivity contribution >= 4 is 0 Å². The van der Waals surface area contributed by atoms with Crippen molar-refractivity contribution in [2.24, 2.45) is 11.8 Å². The van der Waals surface area contributed by atoms with E-state index in [1.54, 1.807) is 0 Å². The number of hydrogen-bond donors (Lipinski definition) is 1. The van der Waals surface area contributed by atoms with E-state index in [4.69, 9.17) is 0 Å². The van der Waals surface area contributed by atoms with Crippen LogP contribution in [0.25, 0.3) is 0 Å². The molecule has 1 atom stereocenters. The van der Waals surface area contributed by atoms with Gasteiger partial charge in [-0.15, -0.1) is 0 Å². The zero-order chi connectivity index (χ0) is 10.5. The van der Waals surface area contributed by atoms with E-state index in [1.807, 2.05) is 0 Å². The molecule has 88 valence electrons. The third-order valence-corrected chi connectivity index (χ3v) is 4.56. The second-order valence-electron chi connectivity index (χ2n) is 5.75. The van der Waals surface area contributed by atoms with Crippen LogP contribution in [-0.2, 0) is 0 Å². The van der Waals surface area contributed by atoms with Crippen LogP contribution in [0.5, 0.6) is 0 Å². The normalized spacial score (nSPS) is 27.0. The van der Waals surface area contributed by atoms with Crippen molar-refractivity contribution in [3.8, 4) is 0 Å². The molecule has 15 heavy (non-hydrogen) atoms. The van der Waals surface area contributed by atoms with E-state index in [1.165, 1.54) is 64.3 Å². The second kappa shape index (κ2) is 5.89. The molecule has 0 aliphatic heterocycles. The molecule has 0 spiro atoms. The molecule has 2 rings (SSSR count). The largest absolute Gasteiger partial charge is 0.314 e. The van der Waals surface area contributed by atoms with Gasteiger partial charge in [0.15, 0.2) is 0 Å². The highest BCUT2D eigenvalue weighted by Crippen LogP contribution is 2.28. The predicted octanol–water partition coefficient (Wildman–Crippen LogP) is 3.74. The summed E-state index contributed by atoms with van der Waals surface area (Å²) in [5, 5.41) is 3.78. The van der Waals surface area contributed by atoms with Crippen molar-refractivity contribution in [2.75, 3.05) is 6.54 Å². The first-order valence-corrected chi connectivity index (χ1v) is 7.09. The maximum Gasteiger partial charge on any atom is 0.00671 e. The van der Waals surface area contributed by atoms with E-state index < -0.39 is 0 Å². The van der Waals surface area contributed by atoms with Crippen molar-refractivity contribution in [3.63, 3.8) is 0 Å². The van der Waals surface area contributed by atoms with Crippen molar-refractivity contribution < 1.29 is 0 Å². The van der Waals surface area contributed by atoms with Gasteiger partial charge in [-0.25, -0.2) is 0 Å². The summed E-state index contributed by atoms with van der Waals surface area (Å²) in [5.74, 6) is 1.98. The lowest BCUT2D eigenvalue weighted by atomic mass is 9.84. The fraction of sp³-hybridized carbons (Fsp3) is 1.00. The highest BCUT2D eigenvalue weighted by Gasteiger charge is 2.21. The zero-order valence-corrected chi connectivity index (χ0v) is 10.3. The van der Waals surface area contributed by atoms with E-state index in [-0.39, 0.29) is 0 Å². The SMILES string of the molecule is C[C@H](NCC1CCC1)C1CCCCCC1. The lowest BCUT2D eigenvalue weighted by molar-refractivity contribution is 0.261. The van der Waals surface area contributed by atoms with E-state index in [2.05, 4.69) is 12.2 Å². The Bertz CT molecular complexity index is 166. The maximum absolute atomic E-state index is 3.78. The summed E-state index contributed by atoms with van der Waals surface area (Å²) in [5.41, 5.74) is 0. The third kappa shape index (κ3) is 3.48. The molecule has 1 nitrogen and oxygen atoms in total. The van der Waals surface area contributed by atoms with E-state index in [0.29, 0.717) is 0 Å². The van der Waals surface area contributed by atoms with E-state index in [0.717, 1.165) is 17.9 Å². The zero-order valence-electron chi connectivity index (χ0n) is 10.3. The number of nitrogens with one attached hydrogen (secondary N) is 1. The average molecular weight is 209 g/mol. The Hall–Kier alpha value is -0.0400. The van der Waals surface area contributed by atoms with Gasteiger partial charge in [0.1, 0.15) is 0 Å². The van der Waals surface area contributed by atoms with Crippen molar-refractivity contribution in [1.82, 2.24) is 5.32 Å². The molecular weight excluding hydrogens is 182 g/mol. The molecule has 0 bridgehead atoms. The lowest BCUT2D eigenvalue weighted by Gasteiger charge is -2.30. The summed E-state index contributed by atoms with van der Waals surface area (Å²) in [7, 11) is 0. The van der Waals surface area contributed by atoms with Gasteiger partial charge in [-0.05, 0) is 51.0 Å². The van der Waals surface area contributed by atoms with Crippen LogP contribution in [0.15, 0.2) is 0 Å². The Labute approximate surface area is 95.0 Å². The molecule has 0 aromatic heterocycles.